The zero-order chi connectivity index (χ0) is 21.0. The van der Waals surface area contributed by atoms with Crippen LogP contribution in [0.2, 0.25) is 0 Å². The van der Waals surface area contributed by atoms with E-state index in [4.69, 9.17) is 0 Å². The topological polar surface area (TPSA) is 67.2 Å². The van der Waals surface area contributed by atoms with E-state index in [1.54, 1.807) is 49.3 Å². The number of carbonyl (C=O) groups excluding carboxylic acids is 1. The van der Waals surface area contributed by atoms with E-state index < -0.39 is 0 Å². The Kier molecular flexibility index (Phi) is 6.33. The first kappa shape index (κ1) is 20.6. The third-order valence-electron chi connectivity index (χ3n) is 4.67. The van der Waals surface area contributed by atoms with Gasteiger partial charge in [0.2, 0.25) is 0 Å². The largest absolute Gasteiger partial charge is 0.342 e. The van der Waals surface area contributed by atoms with Crippen molar-refractivity contribution < 1.29 is 9.18 Å². The third-order valence-corrected chi connectivity index (χ3v) is 4.67. The molecule has 0 radical (unpaired) electrons. The highest BCUT2D eigenvalue weighted by Crippen LogP contribution is 2.21. The van der Waals surface area contributed by atoms with Crippen LogP contribution >= 0.6 is 0 Å². The number of aromatic nitrogens is 4. The van der Waals surface area contributed by atoms with Gasteiger partial charge in [-0.15, -0.1) is 0 Å². The minimum absolute atomic E-state index is 0.0993. The Hall–Kier alpha value is -3.13. The van der Waals surface area contributed by atoms with E-state index >= 15 is 0 Å². The second-order valence-electron chi connectivity index (χ2n) is 7.16. The Bertz CT molecular complexity index is 1000. The summed E-state index contributed by atoms with van der Waals surface area (Å²) in [5.41, 5.74) is 1.98. The molecule has 0 atom stereocenters. The molecule has 8 heteroatoms. The van der Waals surface area contributed by atoms with Crippen LogP contribution in [-0.4, -0.2) is 69.7 Å². The number of hydrogen-bond donors (Lipinski definition) is 0. The summed E-state index contributed by atoms with van der Waals surface area (Å²) in [6.45, 7) is 3.36. The SMILES string of the molecule is Cc1c(C(=O)N(C)CCCN(C)C)cnn1-c1nccc(-c2ccccc2F)n1. The fourth-order valence-corrected chi connectivity index (χ4v) is 3.02. The highest BCUT2D eigenvalue weighted by molar-refractivity contribution is 5.95. The predicted molar refractivity (Wildman–Crippen MR) is 109 cm³/mol. The average Bonchev–Trinajstić information content (AvgIpc) is 3.08. The summed E-state index contributed by atoms with van der Waals surface area (Å²) in [6.07, 6.45) is 3.97. The van der Waals surface area contributed by atoms with E-state index in [1.807, 2.05) is 14.1 Å². The molecule has 3 aromatic rings. The molecule has 0 bridgehead atoms. The monoisotopic (exact) mass is 396 g/mol. The van der Waals surface area contributed by atoms with E-state index in [-0.39, 0.29) is 17.7 Å². The van der Waals surface area contributed by atoms with Crippen LogP contribution in [0.4, 0.5) is 4.39 Å². The van der Waals surface area contributed by atoms with E-state index in [0.717, 1.165) is 13.0 Å². The zero-order valence-electron chi connectivity index (χ0n) is 17.1. The minimum Gasteiger partial charge on any atom is -0.342 e. The van der Waals surface area contributed by atoms with E-state index in [9.17, 15) is 9.18 Å². The molecule has 0 N–H and O–H groups in total. The Morgan fingerprint density at radius 3 is 2.62 bits per heavy atom. The van der Waals surface area contributed by atoms with E-state index in [2.05, 4.69) is 20.0 Å². The molecule has 152 valence electrons. The Morgan fingerprint density at radius 2 is 1.90 bits per heavy atom. The molecule has 3 rings (SSSR count). The molecule has 0 saturated carbocycles. The van der Waals surface area contributed by atoms with Gasteiger partial charge >= 0.3 is 0 Å². The van der Waals surface area contributed by atoms with Gasteiger partial charge < -0.3 is 9.80 Å². The molecule has 0 aliphatic heterocycles. The van der Waals surface area contributed by atoms with Crippen LogP contribution < -0.4 is 0 Å². The van der Waals surface area contributed by atoms with E-state index in [1.165, 1.54) is 16.9 Å². The van der Waals surface area contributed by atoms with Crippen molar-refractivity contribution in [1.29, 1.82) is 0 Å². The van der Waals surface area contributed by atoms with Crippen LogP contribution in [-0.2, 0) is 0 Å². The number of rotatable bonds is 7. The van der Waals surface area contributed by atoms with Crippen molar-refractivity contribution in [2.24, 2.45) is 0 Å². The van der Waals surface area contributed by atoms with Gasteiger partial charge in [0.05, 0.1) is 23.1 Å². The second-order valence-corrected chi connectivity index (χ2v) is 7.16. The molecule has 0 aliphatic carbocycles. The number of halogens is 1. The second kappa shape index (κ2) is 8.91. The van der Waals surface area contributed by atoms with Crippen molar-refractivity contribution in [2.75, 3.05) is 34.2 Å². The lowest BCUT2D eigenvalue weighted by atomic mass is 10.1. The van der Waals surface area contributed by atoms with E-state index in [0.29, 0.717) is 29.1 Å². The fraction of sp³-hybridized carbons (Fsp3) is 0.333. The first-order valence-corrected chi connectivity index (χ1v) is 9.41. The molecule has 0 fully saturated rings. The van der Waals surface area contributed by atoms with Crippen molar-refractivity contribution >= 4 is 5.91 Å². The first-order chi connectivity index (χ1) is 13.9. The van der Waals surface area contributed by atoms with Crippen molar-refractivity contribution in [1.82, 2.24) is 29.5 Å². The average molecular weight is 396 g/mol. The van der Waals surface area contributed by atoms with Gasteiger partial charge in [0.1, 0.15) is 5.82 Å². The Balaban J connectivity index is 1.83. The van der Waals surface area contributed by atoms with Crippen LogP contribution in [0.1, 0.15) is 22.5 Å². The summed E-state index contributed by atoms with van der Waals surface area (Å²) < 4.78 is 15.6. The Labute approximate surface area is 169 Å². The molecule has 0 aliphatic rings. The molecule has 0 unspecified atom stereocenters. The predicted octanol–water partition coefficient (Wildman–Crippen LogP) is 2.80. The smallest absolute Gasteiger partial charge is 0.257 e. The van der Waals surface area contributed by atoms with Crippen LogP contribution in [0, 0.1) is 12.7 Å². The first-order valence-electron chi connectivity index (χ1n) is 9.41. The van der Waals surface area contributed by atoms with Gasteiger partial charge in [-0.1, -0.05) is 12.1 Å². The normalized spacial score (nSPS) is 11.1. The van der Waals surface area contributed by atoms with Crippen LogP contribution in [0.5, 0.6) is 0 Å². The summed E-state index contributed by atoms with van der Waals surface area (Å²) in [5.74, 6) is -0.167. The molecule has 29 heavy (non-hydrogen) atoms. The third kappa shape index (κ3) is 4.65. The summed E-state index contributed by atoms with van der Waals surface area (Å²) in [5, 5.41) is 4.30. The molecule has 2 aromatic heterocycles. The lowest BCUT2D eigenvalue weighted by Gasteiger charge is -2.18. The van der Waals surface area contributed by atoms with Crippen LogP contribution in [0.15, 0.2) is 42.7 Å². The Morgan fingerprint density at radius 1 is 1.14 bits per heavy atom. The molecule has 1 amide bonds. The lowest BCUT2D eigenvalue weighted by molar-refractivity contribution is 0.0790. The number of amides is 1. The maximum Gasteiger partial charge on any atom is 0.257 e. The van der Waals surface area contributed by atoms with Crippen LogP contribution in [0.3, 0.4) is 0 Å². The molecular weight excluding hydrogens is 371 g/mol. The molecule has 2 heterocycles. The fourth-order valence-electron chi connectivity index (χ4n) is 3.02. The maximum atomic E-state index is 14.1. The molecule has 0 spiro atoms. The van der Waals surface area contributed by atoms with Crippen molar-refractivity contribution in [2.45, 2.75) is 13.3 Å². The molecular formula is C21H25FN6O. The van der Waals surface area contributed by atoms with Crippen molar-refractivity contribution in [3.63, 3.8) is 0 Å². The molecule has 1 aromatic carbocycles. The van der Waals surface area contributed by atoms with Gasteiger partial charge in [-0.3, -0.25) is 4.79 Å². The van der Waals surface area contributed by atoms with Gasteiger partial charge in [0, 0.05) is 25.4 Å². The summed E-state index contributed by atoms with van der Waals surface area (Å²) in [7, 11) is 5.79. The van der Waals surface area contributed by atoms with Crippen molar-refractivity contribution in [3.8, 4) is 17.2 Å². The van der Waals surface area contributed by atoms with Gasteiger partial charge in [0.15, 0.2) is 0 Å². The van der Waals surface area contributed by atoms with Gasteiger partial charge in [-0.25, -0.2) is 19.0 Å². The highest BCUT2D eigenvalue weighted by atomic mass is 19.1. The number of carbonyl (C=O) groups is 1. The molecule has 0 saturated heterocycles. The van der Waals surface area contributed by atoms with Gasteiger partial charge in [-0.2, -0.15) is 5.10 Å². The van der Waals surface area contributed by atoms with Crippen LogP contribution in [0.25, 0.3) is 17.2 Å². The number of benzene rings is 1. The van der Waals surface area contributed by atoms with Gasteiger partial charge in [0.25, 0.3) is 11.9 Å². The number of nitrogens with zero attached hydrogens (tertiary/aromatic N) is 6. The van der Waals surface area contributed by atoms with Gasteiger partial charge in [-0.05, 0) is 52.2 Å². The number of hydrogen-bond acceptors (Lipinski definition) is 5. The standard InChI is InChI=1S/C21H25FN6O/c1-15-17(20(29)27(4)13-7-12-26(2)3)14-24-28(15)21-23-11-10-19(25-21)16-8-5-6-9-18(16)22/h5-6,8-11,14H,7,12-13H2,1-4H3. The lowest BCUT2D eigenvalue weighted by Crippen LogP contribution is -2.30. The summed E-state index contributed by atoms with van der Waals surface area (Å²) in [6, 6.07) is 8.08. The van der Waals surface area contributed by atoms with Crippen molar-refractivity contribution in [3.05, 3.63) is 59.8 Å². The summed E-state index contributed by atoms with van der Waals surface area (Å²) in [4.78, 5) is 25.3. The summed E-state index contributed by atoms with van der Waals surface area (Å²) >= 11 is 0. The highest BCUT2D eigenvalue weighted by Gasteiger charge is 2.20. The quantitative estimate of drug-likeness (QED) is 0.614. The maximum absolute atomic E-state index is 14.1. The molecule has 7 nitrogen and oxygen atoms in total. The zero-order valence-corrected chi connectivity index (χ0v) is 17.1. The minimum atomic E-state index is -0.357.